The van der Waals surface area contributed by atoms with Crippen molar-refractivity contribution in [1.29, 1.82) is 0 Å². The summed E-state index contributed by atoms with van der Waals surface area (Å²) in [5.74, 6) is -2.09. The van der Waals surface area contributed by atoms with Crippen LogP contribution in [0.4, 0.5) is 9.59 Å². The van der Waals surface area contributed by atoms with E-state index in [4.69, 9.17) is 19.9 Å². The van der Waals surface area contributed by atoms with Crippen LogP contribution in [-0.2, 0) is 38.2 Å². The lowest BCUT2D eigenvalue weighted by atomic mass is 10.0. The second-order valence-electron chi connectivity index (χ2n) is 20.3. The summed E-state index contributed by atoms with van der Waals surface area (Å²) < 4.78 is 16.0. The molecule has 384 valence electrons. The molecule has 0 aromatic carbocycles. The van der Waals surface area contributed by atoms with E-state index in [1.807, 2.05) is 0 Å². The topological polar surface area (TPSA) is 245 Å². The molecule has 0 aliphatic carbocycles. The minimum atomic E-state index is -1.11. The normalized spacial score (nSPS) is 13.1. The summed E-state index contributed by atoms with van der Waals surface area (Å²) in [7, 11) is 0. The molecule has 0 bridgehead atoms. The predicted molar refractivity (Wildman–Crippen MR) is 259 cm³/mol. The van der Waals surface area contributed by atoms with Crippen molar-refractivity contribution in [3.05, 3.63) is 0 Å². The zero-order chi connectivity index (χ0) is 50.0. The van der Waals surface area contributed by atoms with E-state index >= 15 is 0 Å². The SMILES string of the molecule is CCCCCCCCCCCC(=O)NCCCCCCNC(=O)C(CCC(=O)OC(C)(C)C)NC(=O)C(CCCCNC(=O)OC(C)(C)C)NC(=O)C(N)CCCCNC(=O)OC(C)(C)C. The van der Waals surface area contributed by atoms with E-state index in [1.165, 1.54) is 44.9 Å². The number of alkyl carbamates (subject to hydrolysis) is 2. The number of ether oxygens (including phenoxy) is 3. The third-order valence-corrected chi connectivity index (χ3v) is 10.1. The highest BCUT2D eigenvalue weighted by atomic mass is 16.6. The van der Waals surface area contributed by atoms with E-state index in [0.29, 0.717) is 58.2 Å². The van der Waals surface area contributed by atoms with E-state index in [1.54, 1.807) is 62.3 Å². The third kappa shape index (κ3) is 38.0. The zero-order valence-corrected chi connectivity index (χ0v) is 42.8. The van der Waals surface area contributed by atoms with Crippen LogP contribution < -0.4 is 37.6 Å². The molecule has 0 heterocycles. The molecule has 0 rings (SSSR count). The summed E-state index contributed by atoms with van der Waals surface area (Å²) in [5, 5.41) is 16.8. The minimum absolute atomic E-state index is 0.0391. The minimum Gasteiger partial charge on any atom is -0.460 e. The van der Waals surface area contributed by atoms with E-state index in [9.17, 15) is 33.6 Å². The van der Waals surface area contributed by atoms with Crippen LogP contribution in [0, 0.1) is 0 Å². The van der Waals surface area contributed by atoms with Crippen molar-refractivity contribution in [2.45, 2.75) is 245 Å². The number of carbonyl (C=O) groups is 7. The van der Waals surface area contributed by atoms with Crippen LogP contribution >= 0.6 is 0 Å². The molecule has 17 heteroatoms. The standard InChI is InChI=1S/C49H93N7O10/c1-11-12-13-14-15-16-17-18-21-30-40(57)51-33-24-19-20-25-34-52-43(60)39(31-32-41(58)64-47(2,3)4)56-44(61)38(29-23-27-36-54-46(63)66-49(8,9)10)55-42(59)37(50)28-22-26-35-53-45(62)65-48(5,6)7/h37-39H,11-36,50H2,1-10H3,(H,51,57)(H,52,60)(H,53,62)(H,54,63)(H,55,59)(H,56,61). The van der Waals surface area contributed by atoms with Crippen molar-refractivity contribution in [3.63, 3.8) is 0 Å². The molecule has 8 N–H and O–H groups in total. The molecule has 0 aromatic heterocycles. The van der Waals surface area contributed by atoms with E-state index in [0.717, 1.165) is 32.1 Å². The molecule has 0 saturated heterocycles. The lowest BCUT2D eigenvalue weighted by Crippen LogP contribution is -2.56. The van der Waals surface area contributed by atoms with Crippen LogP contribution in [-0.4, -0.2) is 103 Å². The maximum atomic E-state index is 13.9. The average Bonchev–Trinajstić information content (AvgIpc) is 3.19. The Kier molecular flexibility index (Phi) is 32.9. The lowest BCUT2D eigenvalue weighted by Gasteiger charge is -2.25. The van der Waals surface area contributed by atoms with Gasteiger partial charge in [-0.2, -0.15) is 0 Å². The number of carbonyl (C=O) groups excluding carboxylic acids is 7. The van der Waals surface area contributed by atoms with Gasteiger partial charge in [-0.15, -0.1) is 0 Å². The van der Waals surface area contributed by atoms with Gasteiger partial charge in [0.15, 0.2) is 0 Å². The van der Waals surface area contributed by atoms with Gasteiger partial charge in [0, 0.05) is 39.0 Å². The molecule has 0 aliphatic heterocycles. The highest BCUT2D eigenvalue weighted by molar-refractivity contribution is 5.93. The maximum absolute atomic E-state index is 13.9. The molecule has 3 unspecified atom stereocenters. The third-order valence-electron chi connectivity index (χ3n) is 10.1. The highest BCUT2D eigenvalue weighted by Gasteiger charge is 2.29. The quantitative estimate of drug-likeness (QED) is 0.0186. The first-order chi connectivity index (χ1) is 30.9. The van der Waals surface area contributed by atoms with Crippen molar-refractivity contribution in [3.8, 4) is 0 Å². The van der Waals surface area contributed by atoms with E-state index < -0.39 is 70.8 Å². The molecule has 0 aromatic rings. The fraction of sp³-hybridized carbons (Fsp3) is 0.857. The Bertz CT molecular complexity index is 1410. The first-order valence-corrected chi connectivity index (χ1v) is 25.0. The molecule has 0 aliphatic rings. The second kappa shape index (κ2) is 35.1. The van der Waals surface area contributed by atoms with Gasteiger partial charge in [-0.1, -0.05) is 71.1 Å². The van der Waals surface area contributed by atoms with Crippen molar-refractivity contribution in [1.82, 2.24) is 31.9 Å². The monoisotopic (exact) mass is 940 g/mol. The summed E-state index contributed by atoms with van der Waals surface area (Å²) in [6.45, 7) is 19.6. The Morgan fingerprint density at radius 3 is 1.35 bits per heavy atom. The molecule has 0 saturated carbocycles. The summed E-state index contributed by atoms with van der Waals surface area (Å²) in [6, 6.07) is -3.14. The summed E-state index contributed by atoms with van der Waals surface area (Å²) in [4.78, 5) is 89.9. The Morgan fingerprint density at radius 1 is 0.424 bits per heavy atom. The molecule has 66 heavy (non-hydrogen) atoms. The maximum Gasteiger partial charge on any atom is 0.407 e. The number of esters is 1. The van der Waals surface area contributed by atoms with Gasteiger partial charge in [0.05, 0.1) is 6.04 Å². The molecule has 3 atom stereocenters. The van der Waals surface area contributed by atoms with Crippen LogP contribution in [0.15, 0.2) is 0 Å². The van der Waals surface area contributed by atoms with E-state index in [2.05, 4.69) is 38.8 Å². The van der Waals surface area contributed by atoms with Gasteiger partial charge in [-0.05, 0) is 127 Å². The largest absolute Gasteiger partial charge is 0.460 e. The molecule has 0 radical (unpaired) electrons. The molecule has 0 fully saturated rings. The summed E-state index contributed by atoms with van der Waals surface area (Å²) in [6.07, 6.45) is 15.7. The van der Waals surface area contributed by atoms with Crippen LogP contribution in [0.25, 0.3) is 0 Å². The number of amides is 6. The van der Waals surface area contributed by atoms with Gasteiger partial charge in [-0.25, -0.2) is 9.59 Å². The number of hydrogen-bond donors (Lipinski definition) is 7. The predicted octanol–water partition coefficient (Wildman–Crippen LogP) is 7.51. The van der Waals surface area contributed by atoms with Crippen LogP contribution in [0.3, 0.4) is 0 Å². The average molecular weight is 940 g/mol. The van der Waals surface area contributed by atoms with Crippen molar-refractivity contribution >= 4 is 41.8 Å². The first kappa shape index (κ1) is 61.9. The molecular weight excluding hydrogens is 847 g/mol. The van der Waals surface area contributed by atoms with Crippen LogP contribution in [0.5, 0.6) is 0 Å². The van der Waals surface area contributed by atoms with Gasteiger partial charge in [0.25, 0.3) is 0 Å². The van der Waals surface area contributed by atoms with Crippen molar-refractivity contribution in [2.75, 3.05) is 26.2 Å². The number of nitrogens with two attached hydrogens (primary N) is 1. The molecule has 6 amide bonds. The number of unbranched alkanes of at least 4 members (excludes halogenated alkanes) is 13. The van der Waals surface area contributed by atoms with E-state index in [-0.39, 0.29) is 38.1 Å². The van der Waals surface area contributed by atoms with Crippen LogP contribution in [0.1, 0.15) is 210 Å². The van der Waals surface area contributed by atoms with Crippen molar-refractivity contribution in [2.24, 2.45) is 5.73 Å². The van der Waals surface area contributed by atoms with Gasteiger partial charge in [0.1, 0.15) is 28.9 Å². The summed E-state index contributed by atoms with van der Waals surface area (Å²) in [5.41, 5.74) is 4.21. The number of hydrogen-bond acceptors (Lipinski definition) is 11. The second-order valence-corrected chi connectivity index (χ2v) is 20.3. The van der Waals surface area contributed by atoms with Crippen molar-refractivity contribution < 1.29 is 47.8 Å². The Hall–Kier alpha value is -4.15. The lowest BCUT2D eigenvalue weighted by molar-refractivity contribution is -0.155. The molecular formula is C49H93N7O10. The zero-order valence-electron chi connectivity index (χ0n) is 42.8. The number of rotatable bonds is 35. The smallest absolute Gasteiger partial charge is 0.407 e. The fourth-order valence-electron chi connectivity index (χ4n) is 6.70. The molecule has 17 nitrogen and oxygen atoms in total. The fourth-order valence-corrected chi connectivity index (χ4v) is 6.70. The van der Waals surface area contributed by atoms with Gasteiger partial charge in [-0.3, -0.25) is 24.0 Å². The Morgan fingerprint density at radius 2 is 0.833 bits per heavy atom. The number of nitrogens with one attached hydrogen (secondary N) is 6. The molecule has 0 spiro atoms. The summed E-state index contributed by atoms with van der Waals surface area (Å²) >= 11 is 0. The van der Waals surface area contributed by atoms with Gasteiger partial charge < -0.3 is 51.8 Å². The first-order valence-electron chi connectivity index (χ1n) is 25.0. The van der Waals surface area contributed by atoms with Crippen LogP contribution in [0.2, 0.25) is 0 Å². The Balaban J connectivity index is 5.36. The van der Waals surface area contributed by atoms with Gasteiger partial charge >= 0.3 is 18.2 Å². The highest BCUT2D eigenvalue weighted by Crippen LogP contribution is 2.14. The van der Waals surface area contributed by atoms with Gasteiger partial charge in [0.2, 0.25) is 23.6 Å². The Labute approximate surface area is 397 Å².